The van der Waals surface area contributed by atoms with Crippen LogP contribution in [0.15, 0.2) is 30.7 Å². The minimum atomic E-state index is -0.836. The number of halogens is 2. The summed E-state index contributed by atoms with van der Waals surface area (Å²) in [4.78, 5) is 4.05. The fourth-order valence-corrected chi connectivity index (χ4v) is 1.93. The number of aryl methyl sites for hydroxylation is 1. The van der Waals surface area contributed by atoms with E-state index < -0.39 is 11.6 Å². The Hall–Kier alpha value is -1.75. The highest BCUT2D eigenvalue weighted by Gasteiger charge is 2.17. The van der Waals surface area contributed by atoms with Crippen molar-refractivity contribution in [3.63, 3.8) is 0 Å². The summed E-state index contributed by atoms with van der Waals surface area (Å²) in [6, 6.07) is 3.75. The van der Waals surface area contributed by atoms with Crippen LogP contribution in [0.4, 0.5) is 8.78 Å². The van der Waals surface area contributed by atoms with E-state index in [2.05, 4.69) is 10.3 Å². The summed E-state index contributed by atoms with van der Waals surface area (Å²) in [6.07, 6.45) is 3.40. The van der Waals surface area contributed by atoms with Crippen LogP contribution in [0.1, 0.15) is 24.2 Å². The van der Waals surface area contributed by atoms with Gasteiger partial charge < -0.3 is 9.88 Å². The Morgan fingerprint density at radius 3 is 2.67 bits per heavy atom. The molecule has 0 amide bonds. The fourth-order valence-electron chi connectivity index (χ4n) is 1.93. The first-order chi connectivity index (χ1) is 8.63. The standard InChI is InChI=1S/C13H15F2N3/c1-3-17-13(12-7-16-8-18(12)2)9-4-5-10(14)11(15)6-9/h4-8,13,17H,3H2,1-2H3. The smallest absolute Gasteiger partial charge is 0.159 e. The molecule has 0 bridgehead atoms. The SMILES string of the molecule is CCNC(c1ccc(F)c(F)c1)c1cncn1C. The predicted octanol–water partition coefficient (Wildman–Crippen LogP) is 2.40. The van der Waals surface area contributed by atoms with Gasteiger partial charge in [-0.3, -0.25) is 0 Å². The molecule has 2 rings (SSSR count). The molecule has 2 aromatic rings. The van der Waals surface area contributed by atoms with Gasteiger partial charge in [-0.2, -0.15) is 0 Å². The molecule has 18 heavy (non-hydrogen) atoms. The molecule has 0 spiro atoms. The van der Waals surface area contributed by atoms with Gasteiger partial charge in [0.25, 0.3) is 0 Å². The van der Waals surface area contributed by atoms with Gasteiger partial charge in [0.05, 0.1) is 24.3 Å². The molecular formula is C13H15F2N3. The van der Waals surface area contributed by atoms with Gasteiger partial charge >= 0.3 is 0 Å². The zero-order chi connectivity index (χ0) is 13.1. The first-order valence-corrected chi connectivity index (χ1v) is 5.78. The fraction of sp³-hybridized carbons (Fsp3) is 0.308. The highest BCUT2D eigenvalue weighted by atomic mass is 19.2. The molecule has 1 heterocycles. The number of rotatable bonds is 4. The van der Waals surface area contributed by atoms with Gasteiger partial charge in [-0.05, 0) is 24.2 Å². The largest absolute Gasteiger partial charge is 0.336 e. The minimum absolute atomic E-state index is 0.197. The molecular weight excluding hydrogens is 236 g/mol. The molecule has 1 unspecified atom stereocenters. The summed E-state index contributed by atoms with van der Waals surface area (Å²) in [7, 11) is 1.87. The number of aromatic nitrogens is 2. The van der Waals surface area contributed by atoms with Crippen LogP contribution < -0.4 is 5.32 Å². The molecule has 1 aromatic heterocycles. The van der Waals surface area contributed by atoms with Crippen molar-refractivity contribution >= 4 is 0 Å². The van der Waals surface area contributed by atoms with E-state index in [0.717, 1.165) is 18.3 Å². The number of nitrogens with one attached hydrogen (secondary N) is 1. The van der Waals surface area contributed by atoms with E-state index in [9.17, 15) is 8.78 Å². The lowest BCUT2D eigenvalue weighted by molar-refractivity contribution is 0.502. The maximum absolute atomic E-state index is 13.3. The molecule has 0 aliphatic rings. The van der Waals surface area contributed by atoms with Crippen LogP contribution in [0.5, 0.6) is 0 Å². The second-order valence-electron chi connectivity index (χ2n) is 4.09. The monoisotopic (exact) mass is 251 g/mol. The number of imidazole rings is 1. The molecule has 0 saturated heterocycles. The summed E-state index contributed by atoms with van der Waals surface area (Å²) >= 11 is 0. The topological polar surface area (TPSA) is 29.9 Å². The van der Waals surface area contributed by atoms with E-state index in [1.54, 1.807) is 18.6 Å². The number of nitrogens with zero attached hydrogens (tertiary/aromatic N) is 2. The molecule has 96 valence electrons. The second-order valence-corrected chi connectivity index (χ2v) is 4.09. The quantitative estimate of drug-likeness (QED) is 0.904. The van der Waals surface area contributed by atoms with Crippen LogP contribution in [-0.4, -0.2) is 16.1 Å². The molecule has 0 aliphatic carbocycles. The van der Waals surface area contributed by atoms with Gasteiger partial charge in [0.2, 0.25) is 0 Å². The van der Waals surface area contributed by atoms with Crippen LogP contribution in [0.3, 0.4) is 0 Å². The van der Waals surface area contributed by atoms with Crippen LogP contribution >= 0.6 is 0 Å². The number of hydrogen-bond donors (Lipinski definition) is 1. The van der Waals surface area contributed by atoms with E-state index in [0.29, 0.717) is 5.56 Å². The summed E-state index contributed by atoms with van der Waals surface area (Å²) < 4.78 is 28.1. The third kappa shape index (κ3) is 2.41. The second kappa shape index (κ2) is 5.27. The Morgan fingerprint density at radius 1 is 1.33 bits per heavy atom. The summed E-state index contributed by atoms with van der Waals surface area (Å²) in [5.74, 6) is -1.67. The van der Waals surface area contributed by atoms with Crippen molar-refractivity contribution in [1.82, 2.24) is 14.9 Å². The minimum Gasteiger partial charge on any atom is -0.336 e. The van der Waals surface area contributed by atoms with Crippen LogP contribution in [-0.2, 0) is 7.05 Å². The molecule has 1 aromatic carbocycles. The van der Waals surface area contributed by atoms with Gasteiger partial charge in [-0.15, -0.1) is 0 Å². The predicted molar refractivity (Wildman–Crippen MR) is 65.1 cm³/mol. The summed E-state index contributed by atoms with van der Waals surface area (Å²) in [5, 5.41) is 3.24. The van der Waals surface area contributed by atoms with E-state index in [-0.39, 0.29) is 6.04 Å². The maximum atomic E-state index is 13.3. The number of hydrogen-bond acceptors (Lipinski definition) is 2. The van der Waals surface area contributed by atoms with Crippen LogP contribution in [0, 0.1) is 11.6 Å². The number of benzene rings is 1. The Bertz CT molecular complexity index is 537. The molecule has 1 N–H and O–H groups in total. The molecule has 3 nitrogen and oxygen atoms in total. The Labute approximate surface area is 104 Å². The van der Waals surface area contributed by atoms with Gasteiger partial charge in [0.15, 0.2) is 11.6 Å². The first kappa shape index (κ1) is 12.7. The normalized spacial score (nSPS) is 12.7. The lowest BCUT2D eigenvalue weighted by Gasteiger charge is -2.19. The molecule has 1 atom stereocenters. The van der Waals surface area contributed by atoms with E-state index in [1.807, 2.05) is 18.5 Å². The van der Waals surface area contributed by atoms with Gasteiger partial charge in [0, 0.05) is 7.05 Å². The third-order valence-electron chi connectivity index (χ3n) is 2.83. The van der Waals surface area contributed by atoms with E-state index in [4.69, 9.17) is 0 Å². The summed E-state index contributed by atoms with van der Waals surface area (Å²) in [5.41, 5.74) is 1.59. The van der Waals surface area contributed by atoms with Crippen molar-refractivity contribution in [3.8, 4) is 0 Å². The highest BCUT2D eigenvalue weighted by Crippen LogP contribution is 2.22. The van der Waals surface area contributed by atoms with Crippen molar-refractivity contribution in [3.05, 3.63) is 53.6 Å². The van der Waals surface area contributed by atoms with Crippen LogP contribution in [0.2, 0.25) is 0 Å². The first-order valence-electron chi connectivity index (χ1n) is 5.78. The van der Waals surface area contributed by atoms with E-state index >= 15 is 0 Å². The van der Waals surface area contributed by atoms with Crippen molar-refractivity contribution < 1.29 is 8.78 Å². The van der Waals surface area contributed by atoms with Crippen molar-refractivity contribution in [1.29, 1.82) is 0 Å². The van der Waals surface area contributed by atoms with Gasteiger partial charge in [-0.1, -0.05) is 13.0 Å². The van der Waals surface area contributed by atoms with Gasteiger partial charge in [-0.25, -0.2) is 13.8 Å². The molecule has 0 fully saturated rings. The van der Waals surface area contributed by atoms with Gasteiger partial charge in [0.1, 0.15) is 0 Å². The Kier molecular flexibility index (Phi) is 3.72. The average molecular weight is 251 g/mol. The zero-order valence-electron chi connectivity index (χ0n) is 10.3. The molecule has 0 saturated carbocycles. The lowest BCUT2D eigenvalue weighted by atomic mass is 10.0. The van der Waals surface area contributed by atoms with Crippen molar-refractivity contribution in [2.24, 2.45) is 7.05 Å². The Balaban J connectivity index is 2.41. The van der Waals surface area contributed by atoms with Crippen LogP contribution in [0.25, 0.3) is 0 Å². The van der Waals surface area contributed by atoms with Crippen molar-refractivity contribution in [2.75, 3.05) is 6.54 Å². The molecule has 0 aliphatic heterocycles. The highest BCUT2D eigenvalue weighted by molar-refractivity contribution is 5.28. The molecule has 0 radical (unpaired) electrons. The summed E-state index contributed by atoms with van der Waals surface area (Å²) in [6.45, 7) is 2.68. The third-order valence-corrected chi connectivity index (χ3v) is 2.83. The average Bonchev–Trinajstić information content (AvgIpc) is 2.76. The van der Waals surface area contributed by atoms with Crippen molar-refractivity contribution in [2.45, 2.75) is 13.0 Å². The van der Waals surface area contributed by atoms with E-state index in [1.165, 1.54) is 6.07 Å². The zero-order valence-corrected chi connectivity index (χ0v) is 10.3. The maximum Gasteiger partial charge on any atom is 0.159 e. The molecule has 5 heteroatoms. The lowest BCUT2D eigenvalue weighted by Crippen LogP contribution is -2.24. The Morgan fingerprint density at radius 2 is 2.11 bits per heavy atom.